The van der Waals surface area contributed by atoms with E-state index in [4.69, 9.17) is 19.3 Å². The van der Waals surface area contributed by atoms with E-state index in [9.17, 15) is 15.0 Å². The van der Waals surface area contributed by atoms with E-state index in [-0.39, 0.29) is 5.56 Å². The van der Waals surface area contributed by atoms with Crippen LogP contribution < -0.4 is 0 Å². The molecule has 0 bridgehead atoms. The molecule has 0 radical (unpaired) electrons. The van der Waals surface area contributed by atoms with Crippen molar-refractivity contribution in [1.29, 1.82) is 0 Å². The molecule has 5 rings (SSSR count). The summed E-state index contributed by atoms with van der Waals surface area (Å²) < 4.78 is 17.3. The van der Waals surface area contributed by atoms with Crippen molar-refractivity contribution < 1.29 is 34.3 Å². The molecular weight excluding hydrogens is 468 g/mol. The van der Waals surface area contributed by atoms with Crippen LogP contribution >= 0.6 is 11.3 Å². The van der Waals surface area contributed by atoms with E-state index in [0.717, 1.165) is 26.4 Å². The molecule has 2 aliphatic rings. The highest BCUT2D eigenvalue weighted by Crippen LogP contribution is 2.41. The van der Waals surface area contributed by atoms with E-state index in [1.807, 2.05) is 43.3 Å². The molecule has 5 atom stereocenters. The summed E-state index contributed by atoms with van der Waals surface area (Å²) in [5.74, 6) is -1.77. The summed E-state index contributed by atoms with van der Waals surface area (Å²) in [6.45, 7) is 5.56. The first-order valence-electron chi connectivity index (χ1n) is 11.5. The lowest BCUT2D eigenvalue weighted by molar-refractivity contribution is -0.226. The van der Waals surface area contributed by atoms with Gasteiger partial charge in [0, 0.05) is 16.2 Å². The average molecular weight is 497 g/mol. The number of thiophene rings is 1. The summed E-state index contributed by atoms with van der Waals surface area (Å²) in [6, 6.07) is 16.7. The zero-order chi connectivity index (χ0) is 24.9. The molecule has 35 heavy (non-hydrogen) atoms. The molecular formula is C27H28O7S. The van der Waals surface area contributed by atoms with Gasteiger partial charge in [-0.15, -0.1) is 11.3 Å². The van der Waals surface area contributed by atoms with Crippen LogP contribution in [0, 0.1) is 6.92 Å². The number of benzene rings is 2. The van der Waals surface area contributed by atoms with Crippen LogP contribution in [-0.2, 0) is 20.6 Å². The Morgan fingerprint density at radius 2 is 1.83 bits per heavy atom. The topological polar surface area (TPSA) is 105 Å². The monoisotopic (exact) mass is 496 g/mol. The van der Waals surface area contributed by atoms with Crippen LogP contribution in [0.5, 0.6) is 0 Å². The van der Waals surface area contributed by atoms with Gasteiger partial charge in [0.05, 0.1) is 5.56 Å². The van der Waals surface area contributed by atoms with Gasteiger partial charge >= 0.3 is 5.97 Å². The first-order chi connectivity index (χ1) is 16.6. The second-order valence-corrected chi connectivity index (χ2v) is 10.7. The predicted octanol–water partition coefficient (Wildman–Crippen LogP) is 4.28. The maximum Gasteiger partial charge on any atom is 0.335 e. The molecule has 0 aliphatic carbocycles. The van der Waals surface area contributed by atoms with Crippen molar-refractivity contribution in [3.05, 3.63) is 81.7 Å². The van der Waals surface area contributed by atoms with Crippen molar-refractivity contribution in [2.75, 3.05) is 0 Å². The summed E-state index contributed by atoms with van der Waals surface area (Å²) in [6.07, 6.45) is -3.55. The number of carbonyl (C=O) groups is 1. The van der Waals surface area contributed by atoms with Gasteiger partial charge in [-0.1, -0.05) is 30.3 Å². The van der Waals surface area contributed by atoms with Crippen LogP contribution in [0.25, 0.3) is 10.4 Å². The van der Waals surface area contributed by atoms with Gasteiger partial charge in [-0.3, -0.25) is 0 Å². The van der Waals surface area contributed by atoms with Crippen LogP contribution in [0.2, 0.25) is 0 Å². The fraction of sp³-hybridized carbons (Fsp3) is 0.370. The smallest absolute Gasteiger partial charge is 0.335 e. The lowest BCUT2D eigenvalue weighted by Gasteiger charge is -2.26. The zero-order valence-electron chi connectivity index (χ0n) is 19.7. The maximum atomic E-state index is 11.1. The Balaban J connectivity index is 1.31. The Labute approximate surface area is 207 Å². The van der Waals surface area contributed by atoms with Crippen LogP contribution in [-0.4, -0.2) is 51.7 Å². The van der Waals surface area contributed by atoms with Gasteiger partial charge in [0.25, 0.3) is 0 Å². The van der Waals surface area contributed by atoms with Gasteiger partial charge in [0.2, 0.25) is 0 Å². The Morgan fingerprint density at radius 3 is 2.51 bits per heavy atom. The number of aromatic carboxylic acids is 1. The minimum atomic E-state index is -1.03. The summed E-state index contributed by atoms with van der Waals surface area (Å²) in [7, 11) is 0. The third-order valence-electron chi connectivity index (χ3n) is 6.52. The Kier molecular flexibility index (Phi) is 6.29. The molecule has 0 amide bonds. The number of ether oxygens (including phenoxy) is 3. The first kappa shape index (κ1) is 24.1. The van der Waals surface area contributed by atoms with E-state index in [2.05, 4.69) is 6.07 Å². The van der Waals surface area contributed by atoms with Crippen LogP contribution in [0.3, 0.4) is 0 Å². The number of aliphatic hydroxyl groups excluding tert-OH is 2. The van der Waals surface area contributed by atoms with Crippen molar-refractivity contribution in [2.45, 2.75) is 63.7 Å². The molecule has 0 spiro atoms. The predicted molar refractivity (Wildman–Crippen MR) is 130 cm³/mol. The maximum absolute atomic E-state index is 11.1. The third-order valence-corrected chi connectivity index (χ3v) is 7.66. The lowest BCUT2D eigenvalue weighted by atomic mass is 9.94. The van der Waals surface area contributed by atoms with E-state index in [1.165, 1.54) is 0 Å². The molecule has 2 aromatic carbocycles. The van der Waals surface area contributed by atoms with Gasteiger partial charge < -0.3 is 29.5 Å². The number of carboxylic acids is 1. The Hall–Kier alpha value is -2.59. The van der Waals surface area contributed by atoms with Crippen LogP contribution in [0.4, 0.5) is 0 Å². The molecule has 2 aliphatic heterocycles. The van der Waals surface area contributed by atoms with Crippen LogP contribution in [0.1, 0.15) is 51.9 Å². The zero-order valence-corrected chi connectivity index (χ0v) is 20.5. The molecule has 8 heteroatoms. The quantitative estimate of drug-likeness (QED) is 0.468. The van der Waals surface area contributed by atoms with Crippen molar-refractivity contribution in [1.82, 2.24) is 0 Å². The van der Waals surface area contributed by atoms with E-state index in [1.54, 1.807) is 37.3 Å². The van der Waals surface area contributed by atoms with Gasteiger partial charge in [0.1, 0.15) is 24.4 Å². The van der Waals surface area contributed by atoms with Crippen molar-refractivity contribution in [2.24, 2.45) is 0 Å². The summed E-state index contributed by atoms with van der Waals surface area (Å²) in [5, 5.41) is 30.9. The molecule has 1 aromatic heterocycles. The van der Waals surface area contributed by atoms with Crippen LogP contribution in [0.15, 0.2) is 54.6 Å². The summed E-state index contributed by atoms with van der Waals surface area (Å²) in [5.41, 5.74) is 4.06. The number of hydrogen-bond acceptors (Lipinski definition) is 7. The molecule has 2 fully saturated rings. The summed E-state index contributed by atoms with van der Waals surface area (Å²) >= 11 is 1.65. The van der Waals surface area contributed by atoms with Crippen molar-refractivity contribution in [3.8, 4) is 10.4 Å². The fourth-order valence-electron chi connectivity index (χ4n) is 4.63. The molecule has 3 aromatic rings. The molecule has 7 nitrogen and oxygen atoms in total. The number of rotatable bonds is 6. The SMILES string of the molecule is Cc1ccc(C(O)[C@@H]2O[C@H]3OC(C)(C)O[C@H]3[C@@H]2O)cc1Cc1ccc(-c2ccc(C(=O)O)cc2)s1. The average Bonchev–Trinajstić information content (AvgIpc) is 3.49. The molecule has 3 N–H and O–H groups in total. The number of aryl methyl sites for hydroxylation is 1. The number of fused-ring (bicyclic) bond motifs is 1. The molecule has 1 unspecified atom stereocenters. The second-order valence-electron chi connectivity index (χ2n) is 9.52. The van der Waals surface area contributed by atoms with Crippen molar-refractivity contribution >= 4 is 17.3 Å². The van der Waals surface area contributed by atoms with E-state index < -0.39 is 42.5 Å². The molecule has 184 valence electrons. The normalized spacial score (nSPS) is 26.0. The molecule has 3 heterocycles. The fourth-order valence-corrected chi connectivity index (χ4v) is 5.66. The number of aliphatic hydroxyl groups is 2. The molecule has 0 saturated carbocycles. The Bertz CT molecular complexity index is 1230. The summed E-state index contributed by atoms with van der Waals surface area (Å²) in [4.78, 5) is 13.3. The molecule has 2 saturated heterocycles. The van der Waals surface area contributed by atoms with Gasteiger partial charge in [-0.25, -0.2) is 4.79 Å². The highest BCUT2D eigenvalue weighted by atomic mass is 32.1. The third kappa shape index (κ3) is 4.78. The largest absolute Gasteiger partial charge is 0.478 e. The lowest BCUT2D eigenvalue weighted by Crippen LogP contribution is -2.37. The number of hydrogen-bond donors (Lipinski definition) is 3. The number of carboxylic acid groups (broad SMARTS) is 1. The minimum absolute atomic E-state index is 0.262. The minimum Gasteiger partial charge on any atom is -0.478 e. The van der Waals surface area contributed by atoms with Gasteiger partial charge in [-0.2, -0.15) is 0 Å². The van der Waals surface area contributed by atoms with E-state index >= 15 is 0 Å². The van der Waals surface area contributed by atoms with Gasteiger partial charge in [0.15, 0.2) is 12.1 Å². The Morgan fingerprint density at radius 1 is 1.09 bits per heavy atom. The first-order valence-corrected chi connectivity index (χ1v) is 12.3. The highest BCUT2D eigenvalue weighted by molar-refractivity contribution is 7.15. The van der Waals surface area contributed by atoms with E-state index in [0.29, 0.717) is 12.0 Å². The second kappa shape index (κ2) is 9.13. The highest BCUT2D eigenvalue weighted by Gasteiger charge is 2.56. The van der Waals surface area contributed by atoms with Gasteiger partial charge in [-0.05, 0) is 67.3 Å². The van der Waals surface area contributed by atoms with Crippen molar-refractivity contribution in [3.63, 3.8) is 0 Å². The standard InChI is InChI=1S/C27H28O7S/c1-14-4-5-17(21(28)23-22(29)24-26(32-23)34-27(2,3)33-24)12-18(14)13-19-10-11-20(35-19)15-6-8-16(9-7-15)25(30)31/h4-12,21-24,26,28-29H,13H2,1-3H3,(H,30,31)/t21?,22-,23+,24+,26+/m1/s1.